The smallest absolute Gasteiger partial charge is 0.269 e. The van der Waals surface area contributed by atoms with Crippen molar-refractivity contribution in [3.63, 3.8) is 0 Å². The van der Waals surface area contributed by atoms with Crippen molar-refractivity contribution in [3.8, 4) is 0 Å². The van der Waals surface area contributed by atoms with E-state index in [0.29, 0.717) is 18.5 Å². The molecule has 7 heteroatoms. The Hall–Kier alpha value is -2.44. The minimum Gasteiger partial charge on any atom is -0.344 e. The molecule has 18 heavy (non-hydrogen) atoms. The van der Waals surface area contributed by atoms with Gasteiger partial charge in [-0.3, -0.25) is 19.7 Å². The summed E-state index contributed by atoms with van der Waals surface area (Å²) in [6.45, 7) is 0. The number of carbonyl (C=O) groups excluding carboxylic acids is 2. The molecular formula is C11H11N3O4. The number of carbonyl (C=O) groups is 2. The van der Waals surface area contributed by atoms with E-state index in [1.54, 1.807) is 0 Å². The van der Waals surface area contributed by atoms with Crippen LogP contribution in [0.3, 0.4) is 0 Å². The van der Waals surface area contributed by atoms with E-state index in [-0.39, 0.29) is 17.5 Å². The van der Waals surface area contributed by atoms with Crippen molar-refractivity contribution >= 4 is 23.2 Å². The Balaban J connectivity index is 1.99. The SMILES string of the molecule is O=C1CC[C@@H](C(=O)Nc2ccc([N+](=O)[O-])cc2)N1. The Kier molecular flexibility index (Phi) is 3.22. The van der Waals surface area contributed by atoms with Crippen LogP contribution in [0, 0.1) is 10.1 Å². The summed E-state index contributed by atoms with van der Waals surface area (Å²) in [4.78, 5) is 32.6. The number of benzene rings is 1. The molecule has 2 rings (SSSR count). The maximum atomic E-state index is 11.7. The Morgan fingerprint density at radius 2 is 2.06 bits per heavy atom. The maximum Gasteiger partial charge on any atom is 0.269 e. The van der Waals surface area contributed by atoms with E-state index in [4.69, 9.17) is 0 Å². The number of amides is 2. The highest BCUT2D eigenvalue weighted by Gasteiger charge is 2.27. The number of hydrogen-bond donors (Lipinski definition) is 2. The zero-order valence-electron chi connectivity index (χ0n) is 9.38. The molecule has 0 unspecified atom stereocenters. The van der Waals surface area contributed by atoms with Gasteiger partial charge in [-0.05, 0) is 18.6 Å². The molecule has 1 heterocycles. The van der Waals surface area contributed by atoms with Gasteiger partial charge in [0, 0.05) is 24.2 Å². The van der Waals surface area contributed by atoms with Crippen molar-refractivity contribution in [2.24, 2.45) is 0 Å². The summed E-state index contributed by atoms with van der Waals surface area (Å²) in [6, 6.07) is 5.00. The van der Waals surface area contributed by atoms with Gasteiger partial charge in [0.25, 0.3) is 5.69 Å². The lowest BCUT2D eigenvalue weighted by molar-refractivity contribution is -0.384. The van der Waals surface area contributed by atoms with E-state index in [1.165, 1.54) is 24.3 Å². The summed E-state index contributed by atoms with van der Waals surface area (Å²) in [5, 5.41) is 15.6. The standard InChI is InChI=1S/C11H11N3O4/c15-10-6-5-9(13-10)11(16)12-7-1-3-8(4-2-7)14(17)18/h1-4,9H,5-6H2,(H,12,16)(H,13,15)/t9-/m0/s1. The molecule has 1 fully saturated rings. The van der Waals surface area contributed by atoms with Crippen LogP contribution in [0.15, 0.2) is 24.3 Å². The van der Waals surface area contributed by atoms with E-state index in [2.05, 4.69) is 10.6 Å². The predicted molar refractivity (Wildman–Crippen MR) is 62.9 cm³/mol. The number of nitrogens with zero attached hydrogens (tertiary/aromatic N) is 1. The number of nitrogens with one attached hydrogen (secondary N) is 2. The predicted octanol–water partition coefficient (Wildman–Crippen LogP) is 0.812. The van der Waals surface area contributed by atoms with E-state index in [1.807, 2.05) is 0 Å². The third-order valence-electron chi connectivity index (χ3n) is 2.66. The van der Waals surface area contributed by atoms with Crippen LogP contribution in [0.4, 0.5) is 11.4 Å². The first-order chi connectivity index (χ1) is 8.56. The Morgan fingerprint density at radius 1 is 1.39 bits per heavy atom. The second-order valence-electron chi connectivity index (χ2n) is 3.95. The van der Waals surface area contributed by atoms with Gasteiger partial charge in [0.05, 0.1) is 4.92 Å². The maximum absolute atomic E-state index is 11.7. The molecule has 0 bridgehead atoms. The minimum atomic E-state index is -0.521. The third-order valence-corrected chi connectivity index (χ3v) is 2.66. The lowest BCUT2D eigenvalue weighted by Gasteiger charge is -2.10. The van der Waals surface area contributed by atoms with Gasteiger partial charge in [-0.2, -0.15) is 0 Å². The number of hydrogen-bond acceptors (Lipinski definition) is 4. The van der Waals surface area contributed by atoms with Crippen molar-refractivity contribution in [1.82, 2.24) is 5.32 Å². The van der Waals surface area contributed by atoms with Crippen molar-refractivity contribution in [2.45, 2.75) is 18.9 Å². The second kappa shape index (κ2) is 4.82. The highest BCUT2D eigenvalue weighted by molar-refractivity contribution is 5.98. The number of non-ortho nitro benzene ring substituents is 1. The summed E-state index contributed by atoms with van der Waals surface area (Å²) >= 11 is 0. The first-order valence-electron chi connectivity index (χ1n) is 5.41. The molecule has 2 N–H and O–H groups in total. The van der Waals surface area contributed by atoms with Crippen molar-refractivity contribution < 1.29 is 14.5 Å². The van der Waals surface area contributed by atoms with Crippen LogP contribution in [0.25, 0.3) is 0 Å². The summed E-state index contributed by atoms with van der Waals surface area (Å²) in [5.41, 5.74) is 0.425. The fraction of sp³-hybridized carbons (Fsp3) is 0.273. The quantitative estimate of drug-likeness (QED) is 0.611. The van der Waals surface area contributed by atoms with Crippen LogP contribution in [0.1, 0.15) is 12.8 Å². The molecule has 0 saturated carbocycles. The molecule has 0 spiro atoms. The van der Waals surface area contributed by atoms with E-state index < -0.39 is 11.0 Å². The molecule has 7 nitrogen and oxygen atoms in total. The normalized spacial score (nSPS) is 18.2. The molecule has 0 aromatic heterocycles. The van der Waals surface area contributed by atoms with E-state index >= 15 is 0 Å². The highest BCUT2D eigenvalue weighted by Crippen LogP contribution is 2.16. The first kappa shape index (κ1) is 12.0. The van der Waals surface area contributed by atoms with Gasteiger partial charge < -0.3 is 10.6 Å². The molecule has 0 aliphatic carbocycles. The van der Waals surface area contributed by atoms with Crippen LogP contribution in [0.5, 0.6) is 0 Å². The Morgan fingerprint density at radius 3 is 2.56 bits per heavy atom. The van der Waals surface area contributed by atoms with Crippen molar-refractivity contribution in [1.29, 1.82) is 0 Å². The summed E-state index contributed by atoms with van der Waals surface area (Å²) in [7, 11) is 0. The molecule has 1 atom stereocenters. The lowest BCUT2D eigenvalue weighted by Crippen LogP contribution is -2.37. The number of rotatable bonds is 3. The fourth-order valence-corrected chi connectivity index (χ4v) is 1.71. The van der Waals surface area contributed by atoms with Gasteiger partial charge in [-0.25, -0.2) is 0 Å². The fourth-order valence-electron chi connectivity index (χ4n) is 1.71. The molecule has 94 valence electrons. The highest BCUT2D eigenvalue weighted by atomic mass is 16.6. The Labute approximate surface area is 102 Å². The van der Waals surface area contributed by atoms with Gasteiger partial charge in [0.2, 0.25) is 11.8 Å². The Bertz CT molecular complexity index is 498. The van der Waals surface area contributed by atoms with Crippen molar-refractivity contribution in [2.75, 3.05) is 5.32 Å². The number of nitro groups is 1. The number of anilines is 1. The molecule has 1 saturated heterocycles. The number of nitro benzene ring substituents is 1. The first-order valence-corrected chi connectivity index (χ1v) is 5.41. The van der Waals surface area contributed by atoms with Gasteiger partial charge in [0.1, 0.15) is 6.04 Å². The molecule has 0 radical (unpaired) electrons. The second-order valence-corrected chi connectivity index (χ2v) is 3.95. The largest absolute Gasteiger partial charge is 0.344 e. The van der Waals surface area contributed by atoms with Gasteiger partial charge in [0.15, 0.2) is 0 Å². The van der Waals surface area contributed by atoms with E-state index in [0.717, 1.165) is 0 Å². The topological polar surface area (TPSA) is 101 Å². The van der Waals surface area contributed by atoms with Crippen LogP contribution >= 0.6 is 0 Å². The minimum absolute atomic E-state index is 0.0397. The van der Waals surface area contributed by atoms with E-state index in [9.17, 15) is 19.7 Å². The van der Waals surface area contributed by atoms with Gasteiger partial charge in [-0.1, -0.05) is 0 Å². The van der Waals surface area contributed by atoms with Crippen LogP contribution in [0.2, 0.25) is 0 Å². The zero-order chi connectivity index (χ0) is 13.1. The average Bonchev–Trinajstić information content (AvgIpc) is 2.76. The summed E-state index contributed by atoms with van der Waals surface area (Å²) in [6.07, 6.45) is 0.815. The molecular weight excluding hydrogens is 238 g/mol. The zero-order valence-corrected chi connectivity index (χ0v) is 9.38. The third kappa shape index (κ3) is 2.62. The van der Waals surface area contributed by atoms with Crippen molar-refractivity contribution in [3.05, 3.63) is 34.4 Å². The summed E-state index contributed by atoms with van der Waals surface area (Å²) in [5.74, 6) is -0.450. The molecule has 1 aliphatic rings. The lowest BCUT2D eigenvalue weighted by atomic mass is 10.2. The van der Waals surface area contributed by atoms with Crippen LogP contribution < -0.4 is 10.6 Å². The molecule has 1 aliphatic heterocycles. The molecule has 1 aromatic carbocycles. The van der Waals surface area contributed by atoms with Crippen LogP contribution in [-0.4, -0.2) is 22.8 Å². The summed E-state index contributed by atoms with van der Waals surface area (Å²) < 4.78 is 0. The van der Waals surface area contributed by atoms with Crippen LogP contribution in [-0.2, 0) is 9.59 Å². The van der Waals surface area contributed by atoms with Gasteiger partial charge in [-0.15, -0.1) is 0 Å². The molecule has 2 amide bonds. The average molecular weight is 249 g/mol. The molecule has 1 aromatic rings. The van der Waals surface area contributed by atoms with Gasteiger partial charge >= 0.3 is 0 Å². The monoisotopic (exact) mass is 249 g/mol.